The lowest BCUT2D eigenvalue weighted by Gasteiger charge is -2.33. The van der Waals surface area contributed by atoms with Crippen molar-refractivity contribution in [3.05, 3.63) is 34.6 Å². The molecule has 2 rings (SSSR count). The molecular formula is C11H10ClFO2. The Kier molecular flexibility index (Phi) is 2.65. The van der Waals surface area contributed by atoms with Gasteiger partial charge in [-0.2, -0.15) is 0 Å². The summed E-state index contributed by atoms with van der Waals surface area (Å²) in [5.41, 5.74) is 0.470. The number of carboxylic acid groups (broad SMARTS) is 1. The van der Waals surface area contributed by atoms with E-state index in [1.54, 1.807) is 12.1 Å². The Morgan fingerprint density at radius 2 is 2.20 bits per heavy atom. The van der Waals surface area contributed by atoms with Crippen LogP contribution in [0.25, 0.3) is 0 Å². The molecule has 0 radical (unpaired) electrons. The number of hydrogen-bond acceptors (Lipinski definition) is 1. The summed E-state index contributed by atoms with van der Waals surface area (Å²) in [6.45, 7) is 0. The lowest BCUT2D eigenvalue weighted by atomic mass is 9.70. The minimum Gasteiger partial charge on any atom is -0.481 e. The van der Waals surface area contributed by atoms with E-state index >= 15 is 0 Å². The van der Waals surface area contributed by atoms with Gasteiger partial charge in [0, 0.05) is 10.9 Å². The van der Waals surface area contributed by atoms with E-state index in [1.807, 2.05) is 0 Å². The van der Waals surface area contributed by atoms with Crippen molar-refractivity contribution < 1.29 is 14.3 Å². The molecule has 1 saturated carbocycles. The number of carboxylic acids is 1. The maximum Gasteiger partial charge on any atom is 0.307 e. The Balaban J connectivity index is 2.27. The highest BCUT2D eigenvalue weighted by atomic mass is 35.5. The third-order valence-electron chi connectivity index (χ3n) is 2.95. The van der Waals surface area contributed by atoms with Crippen molar-refractivity contribution in [3.8, 4) is 0 Å². The number of halogens is 2. The molecule has 0 unspecified atom stereocenters. The van der Waals surface area contributed by atoms with E-state index in [-0.39, 0.29) is 5.92 Å². The lowest BCUT2D eigenvalue weighted by molar-refractivity contribution is -0.145. The van der Waals surface area contributed by atoms with Crippen LogP contribution in [0.1, 0.15) is 24.3 Å². The van der Waals surface area contributed by atoms with E-state index in [2.05, 4.69) is 0 Å². The predicted molar refractivity (Wildman–Crippen MR) is 54.5 cm³/mol. The molecule has 0 heterocycles. The van der Waals surface area contributed by atoms with Crippen LogP contribution >= 0.6 is 11.6 Å². The van der Waals surface area contributed by atoms with Gasteiger partial charge in [-0.15, -0.1) is 0 Å². The van der Waals surface area contributed by atoms with Crippen LogP contribution in [0.2, 0.25) is 5.02 Å². The SMILES string of the molecule is O=C(O)[C@H]1CC[C@H]1c1ccc(Cl)cc1F. The van der Waals surface area contributed by atoms with E-state index < -0.39 is 17.7 Å². The summed E-state index contributed by atoms with van der Waals surface area (Å²) in [6.07, 6.45) is 1.36. The monoisotopic (exact) mass is 228 g/mol. The number of aliphatic carboxylic acids is 1. The molecule has 0 spiro atoms. The Hall–Kier alpha value is -1.09. The van der Waals surface area contributed by atoms with Gasteiger partial charge in [0.2, 0.25) is 0 Å². The molecule has 1 aliphatic carbocycles. The first-order valence-corrected chi connectivity index (χ1v) is 5.15. The van der Waals surface area contributed by atoms with Crippen molar-refractivity contribution in [1.29, 1.82) is 0 Å². The van der Waals surface area contributed by atoms with E-state index in [9.17, 15) is 9.18 Å². The molecule has 15 heavy (non-hydrogen) atoms. The van der Waals surface area contributed by atoms with Gasteiger partial charge in [0.25, 0.3) is 0 Å². The average molecular weight is 229 g/mol. The summed E-state index contributed by atoms with van der Waals surface area (Å²) in [7, 11) is 0. The molecule has 1 aliphatic rings. The molecule has 2 nitrogen and oxygen atoms in total. The van der Waals surface area contributed by atoms with Crippen LogP contribution in [0, 0.1) is 11.7 Å². The van der Waals surface area contributed by atoms with Crippen LogP contribution in [0.5, 0.6) is 0 Å². The van der Waals surface area contributed by atoms with Crippen molar-refractivity contribution in [2.75, 3.05) is 0 Å². The minimum atomic E-state index is -0.847. The highest BCUT2D eigenvalue weighted by Gasteiger charge is 2.38. The fraction of sp³-hybridized carbons (Fsp3) is 0.364. The molecule has 0 bridgehead atoms. The molecular weight excluding hydrogens is 219 g/mol. The first kappa shape index (κ1) is 10.4. The van der Waals surface area contributed by atoms with Gasteiger partial charge in [-0.1, -0.05) is 17.7 Å². The second-order valence-corrected chi connectivity index (χ2v) is 4.23. The van der Waals surface area contributed by atoms with Crippen LogP contribution in [0.4, 0.5) is 4.39 Å². The highest BCUT2D eigenvalue weighted by Crippen LogP contribution is 2.43. The molecule has 1 N–H and O–H groups in total. The summed E-state index contributed by atoms with van der Waals surface area (Å²) < 4.78 is 13.5. The van der Waals surface area contributed by atoms with Gasteiger partial charge in [0.05, 0.1) is 5.92 Å². The van der Waals surface area contributed by atoms with E-state index in [0.29, 0.717) is 17.0 Å². The Morgan fingerprint density at radius 1 is 1.47 bits per heavy atom. The molecule has 2 atom stereocenters. The number of rotatable bonds is 2. The Bertz CT molecular complexity index is 406. The van der Waals surface area contributed by atoms with Crippen LogP contribution in [-0.2, 0) is 4.79 Å². The third-order valence-corrected chi connectivity index (χ3v) is 3.19. The minimum absolute atomic E-state index is 0.195. The van der Waals surface area contributed by atoms with Crippen molar-refractivity contribution in [1.82, 2.24) is 0 Å². The zero-order valence-corrected chi connectivity index (χ0v) is 8.67. The van der Waals surface area contributed by atoms with E-state index in [0.717, 1.165) is 6.42 Å². The smallest absolute Gasteiger partial charge is 0.307 e. The first-order valence-electron chi connectivity index (χ1n) is 4.77. The average Bonchev–Trinajstić information content (AvgIpc) is 2.06. The number of hydrogen-bond donors (Lipinski definition) is 1. The maximum atomic E-state index is 13.5. The fourth-order valence-electron chi connectivity index (χ4n) is 1.97. The highest BCUT2D eigenvalue weighted by molar-refractivity contribution is 6.30. The van der Waals surface area contributed by atoms with Crippen LogP contribution in [0.15, 0.2) is 18.2 Å². The van der Waals surface area contributed by atoms with Gasteiger partial charge < -0.3 is 5.11 Å². The summed E-state index contributed by atoms with van der Waals surface area (Å²) in [6, 6.07) is 4.41. The predicted octanol–water partition coefficient (Wildman–Crippen LogP) is 3.06. The van der Waals surface area contributed by atoms with Crippen LogP contribution in [0.3, 0.4) is 0 Å². The Morgan fingerprint density at radius 3 is 2.67 bits per heavy atom. The topological polar surface area (TPSA) is 37.3 Å². The first-order chi connectivity index (χ1) is 7.09. The second-order valence-electron chi connectivity index (χ2n) is 3.79. The van der Waals surface area contributed by atoms with Gasteiger partial charge in [-0.3, -0.25) is 4.79 Å². The summed E-state index contributed by atoms with van der Waals surface area (Å²) >= 11 is 5.63. The summed E-state index contributed by atoms with van der Waals surface area (Å²) in [4.78, 5) is 10.8. The van der Waals surface area contributed by atoms with Crippen LogP contribution < -0.4 is 0 Å². The van der Waals surface area contributed by atoms with Gasteiger partial charge in [-0.25, -0.2) is 4.39 Å². The molecule has 0 aromatic heterocycles. The Labute approximate surface area is 91.7 Å². The summed E-state index contributed by atoms with van der Waals surface area (Å²) in [5.74, 6) is -1.89. The third kappa shape index (κ3) is 1.84. The van der Waals surface area contributed by atoms with Gasteiger partial charge in [0.15, 0.2) is 0 Å². The van der Waals surface area contributed by atoms with Gasteiger partial charge in [-0.05, 0) is 30.5 Å². The molecule has 0 saturated heterocycles. The molecule has 80 valence electrons. The number of carbonyl (C=O) groups is 1. The van der Waals surface area contributed by atoms with Crippen molar-refractivity contribution in [3.63, 3.8) is 0 Å². The molecule has 1 aromatic carbocycles. The normalized spacial score (nSPS) is 24.7. The van der Waals surface area contributed by atoms with Crippen molar-refractivity contribution >= 4 is 17.6 Å². The fourth-order valence-corrected chi connectivity index (χ4v) is 2.13. The van der Waals surface area contributed by atoms with E-state index in [1.165, 1.54) is 6.07 Å². The lowest BCUT2D eigenvalue weighted by Crippen LogP contribution is -2.31. The van der Waals surface area contributed by atoms with Crippen LogP contribution in [-0.4, -0.2) is 11.1 Å². The zero-order valence-electron chi connectivity index (χ0n) is 7.91. The maximum absolute atomic E-state index is 13.5. The second kappa shape index (κ2) is 3.81. The van der Waals surface area contributed by atoms with E-state index in [4.69, 9.17) is 16.7 Å². The quantitative estimate of drug-likeness (QED) is 0.845. The van der Waals surface area contributed by atoms with Crippen molar-refractivity contribution in [2.24, 2.45) is 5.92 Å². The molecule has 1 fully saturated rings. The summed E-state index contributed by atoms with van der Waals surface area (Å²) in [5, 5.41) is 9.20. The van der Waals surface area contributed by atoms with Crippen molar-refractivity contribution in [2.45, 2.75) is 18.8 Å². The van der Waals surface area contributed by atoms with Gasteiger partial charge >= 0.3 is 5.97 Å². The molecule has 4 heteroatoms. The molecule has 0 amide bonds. The number of benzene rings is 1. The molecule has 1 aromatic rings. The standard InChI is InChI=1S/C11H10ClFO2/c12-6-1-2-8(10(13)5-6)7-3-4-9(7)11(14)15/h1-2,5,7,9H,3-4H2,(H,14,15)/t7-,9-/m0/s1. The largest absolute Gasteiger partial charge is 0.481 e. The van der Waals surface area contributed by atoms with Gasteiger partial charge in [0.1, 0.15) is 5.82 Å². The molecule has 0 aliphatic heterocycles. The zero-order chi connectivity index (χ0) is 11.0.